The number of nitrogens with one attached hydrogen (secondary N) is 1. The van der Waals surface area contributed by atoms with Gasteiger partial charge in [0, 0.05) is 38.3 Å². The molecule has 0 saturated heterocycles. The van der Waals surface area contributed by atoms with Gasteiger partial charge in [-0.1, -0.05) is 36.1 Å². The maximum Gasteiger partial charge on any atom is 0.150 e. The second-order valence-electron chi connectivity index (χ2n) is 2.73. The molecule has 0 spiro atoms. The number of hydrogen-bond donors (Lipinski definition) is 0. The molecule has 1 aromatic heterocycles. The molecule has 15 heavy (non-hydrogen) atoms. The van der Waals surface area contributed by atoms with Gasteiger partial charge in [0.1, 0.15) is 0 Å². The first-order valence-corrected chi connectivity index (χ1v) is 3.88. The summed E-state index contributed by atoms with van der Waals surface area (Å²) < 4.78 is 0. The molecule has 0 aliphatic rings. The van der Waals surface area contributed by atoms with Gasteiger partial charge in [-0.05, 0) is 10.9 Å². The number of fused-ring (bicyclic) bond motifs is 1. The Morgan fingerprint density at radius 3 is 2.60 bits per heavy atom. The van der Waals surface area contributed by atoms with Gasteiger partial charge in [0.25, 0.3) is 0 Å². The van der Waals surface area contributed by atoms with E-state index in [2.05, 4.69) is 4.98 Å². The Hall–Kier alpha value is -0.796. The smallest absolute Gasteiger partial charge is 0.150 e. The third-order valence-electron chi connectivity index (χ3n) is 1.89. The molecule has 1 aromatic carbocycles. The van der Waals surface area contributed by atoms with Crippen molar-refractivity contribution in [2.75, 3.05) is 0 Å². The molecule has 0 aliphatic heterocycles. The molecular formula is C11H10N2OY-2. The van der Waals surface area contributed by atoms with Gasteiger partial charge < -0.3 is 18.1 Å². The van der Waals surface area contributed by atoms with Gasteiger partial charge in [-0.3, -0.25) is 4.79 Å². The van der Waals surface area contributed by atoms with E-state index in [0.717, 1.165) is 11.7 Å². The van der Waals surface area contributed by atoms with E-state index in [9.17, 15) is 4.79 Å². The largest absolute Gasteiger partial charge is 0.482 e. The second kappa shape index (κ2) is 5.93. The van der Waals surface area contributed by atoms with Crippen LogP contribution in [0.4, 0.5) is 5.82 Å². The van der Waals surface area contributed by atoms with Crippen LogP contribution in [0.3, 0.4) is 0 Å². The molecule has 0 fully saturated rings. The predicted octanol–water partition coefficient (Wildman–Crippen LogP) is 3.18. The molecule has 3 nitrogen and oxygen atoms in total. The van der Waals surface area contributed by atoms with Crippen LogP contribution in [0.5, 0.6) is 0 Å². The monoisotopic (exact) mass is 275 g/mol. The van der Waals surface area contributed by atoms with Crippen LogP contribution >= 0.6 is 0 Å². The van der Waals surface area contributed by atoms with Crippen LogP contribution < -0.4 is 0 Å². The molecule has 4 heteroatoms. The average Bonchev–Trinajstić information content (AvgIpc) is 2.16. The van der Waals surface area contributed by atoms with E-state index in [1.54, 1.807) is 30.3 Å². The normalized spacial score (nSPS) is 8.80. The quantitative estimate of drug-likeness (QED) is 0.592. The van der Waals surface area contributed by atoms with E-state index in [1.807, 2.05) is 0 Å². The minimum absolute atomic E-state index is 0. The average molecular weight is 275 g/mol. The third-order valence-corrected chi connectivity index (χ3v) is 1.89. The Bertz CT molecular complexity index is 471. The SMILES string of the molecule is [CH3-].[NH-]c1ccc2c(C=O)cccc2n1.[Y]. The standard InChI is InChI=1S/C10H7N2O.CH3.Y/c11-10-5-4-8-7(6-13)2-1-3-9(8)12-10;;/h1-6H,(H-,11,12);1H3;/q2*-1;. The molecule has 2 aromatic rings. The van der Waals surface area contributed by atoms with Crippen molar-refractivity contribution in [3.05, 3.63) is 49.1 Å². The summed E-state index contributed by atoms with van der Waals surface area (Å²) in [4.78, 5) is 14.6. The Kier molecular flexibility index (Phi) is 5.62. The summed E-state index contributed by atoms with van der Waals surface area (Å²) in [5, 5.41) is 0.800. The molecule has 0 aliphatic carbocycles. The van der Waals surface area contributed by atoms with Crippen LogP contribution in [0.1, 0.15) is 10.4 Å². The van der Waals surface area contributed by atoms with Crippen LogP contribution in [-0.2, 0) is 32.7 Å². The molecule has 1 radical (unpaired) electrons. The summed E-state index contributed by atoms with van der Waals surface area (Å²) in [6, 6.07) is 8.61. The van der Waals surface area contributed by atoms with E-state index in [1.165, 1.54) is 0 Å². The number of carbonyl (C=O) groups is 1. The molecule has 0 unspecified atom stereocenters. The summed E-state index contributed by atoms with van der Waals surface area (Å²) in [6.45, 7) is 0. The first-order valence-electron chi connectivity index (χ1n) is 3.88. The van der Waals surface area contributed by atoms with Crippen molar-refractivity contribution >= 4 is 23.0 Å². The van der Waals surface area contributed by atoms with Crippen molar-refractivity contribution in [2.45, 2.75) is 0 Å². The molecule has 2 rings (SSSR count). The number of aldehydes is 1. The fourth-order valence-corrected chi connectivity index (χ4v) is 1.28. The molecule has 1 heterocycles. The fourth-order valence-electron chi connectivity index (χ4n) is 1.28. The van der Waals surface area contributed by atoms with Crippen molar-refractivity contribution in [1.29, 1.82) is 0 Å². The summed E-state index contributed by atoms with van der Waals surface area (Å²) in [5.41, 5.74) is 8.61. The van der Waals surface area contributed by atoms with Gasteiger partial charge in [0.2, 0.25) is 0 Å². The zero-order chi connectivity index (χ0) is 9.26. The van der Waals surface area contributed by atoms with Gasteiger partial charge >= 0.3 is 0 Å². The molecule has 1 N–H and O–H groups in total. The second-order valence-corrected chi connectivity index (χ2v) is 2.73. The van der Waals surface area contributed by atoms with E-state index in [-0.39, 0.29) is 46.0 Å². The van der Waals surface area contributed by atoms with Crippen molar-refractivity contribution in [3.63, 3.8) is 0 Å². The minimum atomic E-state index is 0. The first-order chi connectivity index (χ1) is 6.31. The number of nitrogens with zero attached hydrogens (tertiary/aromatic N) is 1. The third kappa shape index (κ3) is 2.83. The molecule has 0 bridgehead atoms. The van der Waals surface area contributed by atoms with E-state index < -0.39 is 0 Å². The first kappa shape index (κ1) is 14.2. The number of hydrogen-bond acceptors (Lipinski definition) is 2. The van der Waals surface area contributed by atoms with Crippen molar-refractivity contribution in [1.82, 2.24) is 4.98 Å². The van der Waals surface area contributed by atoms with Crippen LogP contribution in [0.2, 0.25) is 0 Å². The summed E-state index contributed by atoms with van der Waals surface area (Å²) in [5.74, 6) is 0.218. The Balaban J connectivity index is 0.000000980. The van der Waals surface area contributed by atoms with E-state index >= 15 is 0 Å². The van der Waals surface area contributed by atoms with Gasteiger partial charge in [-0.15, -0.1) is 0 Å². The van der Waals surface area contributed by atoms with Gasteiger partial charge in [0.15, 0.2) is 6.29 Å². The van der Waals surface area contributed by atoms with Gasteiger partial charge in [0.05, 0.1) is 0 Å². The summed E-state index contributed by atoms with van der Waals surface area (Å²) in [6.07, 6.45) is 0.799. The Morgan fingerprint density at radius 2 is 1.93 bits per heavy atom. The maximum atomic E-state index is 10.6. The molecular weight excluding hydrogens is 265 g/mol. The van der Waals surface area contributed by atoms with Crippen LogP contribution in [0.15, 0.2) is 30.3 Å². The molecule has 0 atom stereocenters. The number of carbonyl (C=O) groups excluding carboxylic acids is 1. The molecule has 75 valence electrons. The zero-order valence-corrected chi connectivity index (χ0v) is 11.2. The molecule has 0 amide bonds. The summed E-state index contributed by atoms with van der Waals surface area (Å²) >= 11 is 0. The summed E-state index contributed by atoms with van der Waals surface area (Å²) in [7, 11) is 0. The van der Waals surface area contributed by atoms with Crippen LogP contribution in [0.25, 0.3) is 16.6 Å². The topological polar surface area (TPSA) is 53.8 Å². The Morgan fingerprint density at radius 1 is 1.20 bits per heavy atom. The zero-order valence-electron chi connectivity index (χ0n) is 8.40. The van der Waals surface area contributed by atoms with Crippen molar-refractivity contribution < 1.29 is 37.5 Å². The van der Waals surface area contributed by atoms with Crippen molar-refractivity contribution in [2.24, 2.45) is 0 Å². The Labute approximate surface area is 114 Å². The van der Waals surface area contributed by atoms with E-state index in [4.69, 9.17) is 5.73 Å². The van der Waals surface area contributed by atoms with E-state index in [0.29, 0.717) is 11.1 Å². The number of benzene rings is 1. The molecule has 0 saturated carbocycles. The van der Waals surface area contributed by atoms with Gasteiger partial charge in [-0.2, -0.15) is 0 Å². The minimum Gasteiger partial charge on any atom is -0.482 e. The van der Waals surface area contributed by atoms with Gasteiger partial charge in [-0.25, -0.2) is 0 Å². The number of rotatable bonds is 1. The number of aromatic nitrogens is 1. The van der Waals surface area contributed by atoms with Crippen LogP contribution in [0, 0.1) is 7.43 Å². The van der Waals surface area contributed by atoms with Crippen molar-refractivity contribution in [3.8, 4) is 0 Å². The number of pyridine rings is 1. The van der Waals surface area contributed by atoms with Crippen LogP contribution in [-0.4, -0.2) is 11.3 Å². The maximum absolute atomic E-state index is 10.6. The fraction of sp³-hybridized carbons (Fsp3) is 0. The predicted molar refractivity (Wildman–Crippen MR) is 57.5 cm³/mol.